The van der Waals surface area contributed by atoms with Crippen LogP contribution in [0.15, 0.2) is 30.3 Å². The fourth-order valence-electron chi connectivity index (χ4n) is 4.00. The van der Waals surface area contributed by atoms with Crippen LogP contribution in [-0.4, -0.2) is 48.7 Å². The van der Waals surface area contributed by atoms with Crippen molar-refractivity contribution in [3.05, 3.63) is 35.9 Å². The molecule has 2 aliphatic heterocycles. The maximum absolute atomic E-state index is 13.9. The molecule has 1 aromatic carbocycles. The highest BCUT2D eigenvalue weighted by Crippen LogP contribution is 2.46. The van der Waals surface area contributed by atoms with Gasteiger partial charge < -0.3 is 10.6 Å². The molecule has 8 heteroatoms. The molecule has 3 atom stereocenters. The first-order valence-electron chi connectivity index (χ1n) is 9.17. The second-order valence-corrected chi connectivity index (χ2v) is 7.58. The highest BCUT2D eigenvalue weighted by Gasteiger charge is 2.63. The van der Waals surface area contributed by atoms with E-state index in [4.69, 9.17) is 0 Å². The molecule has 4 nitrogen and oxygen atoms in total. The molecule has 0 aromatic heterocycles. The van der Waals surface area contributed by atoms with Gasteiger partial charge in [0.1, 0.15) is 0 Å². The van der Waals surface area contributed by atoms with Crippen molar-refractivity contribution in [1.82, 2.24) is 15.5 Å². The molecule has 2 heterocycles. The first-order valence-corrected chi connectivity index (χ1v) is 9.17. The van der Waals surface area contributed by atoms with Gasteiger partial charge in [-0.05, 0) is 44.8 Å². The van der Waals surface area contributed by atoms with E-state index in [0.29, 0.717) is 25.9 Å². The van der Waals surface area contributed by atoms with E-state index in [-0.39, 0.29) is 44.0 Å². The fourth-order valence-corrected chi connectivity index (χ4v) is 4.00. The maximum Gasteiger partial charge on any atom is 0.404 e. The number of rotatable bonds is 4. The molecular formula is C19H27ClF3N3O. The molecule has 2 fully saturated rings. The maximum atomic E-state index is 13.9. The second kappa shape index (κ2) is 8.80. The number of alkyl halides is 3. The van der Waals surface area contributed by atoms with Crippen LogP contribution in [0.2, 0.25) is 0 Å². The molecule has 152 valence electrons. The first kappa shape index (κ1) is 22.0. The number of likely N-dealkylation sites (tertiary alicyclic amines) is 1. The topological polar surface area (TPSA) is 44.4 Å². The number of nitrogens with one attached hydrogen (secondary N) is 2. The minimum Gasteiger partial charge on any atom is -0.352 e. The number of benzene rings is 1. The molecule has 27 heavy (non-hydrogen) atoms. The summed E-state index contributed by atoms with van der Waals surface area (Å²) in [4.78, 5) is 14.4. The van der Waals surface area contributed by atoms with Gasteiger partial charge in [-0.1, -0.05) is 30.3 Å². The SMILES string of the molecule is CC1CC(NC(=O)C2(C(F)(F)F)CCN(Cc3ccccc3)C2)CCN1.Cl. The van der Waals surface area contributed by atoms with Gasteiger partial charge in [-0.3, -0.25) is 9.69 Å². The normalized spacial score (nSPS) is 29.2. The van der Waals surface area contributed by atoms with Crippen molar-refractivity contribution >= 4 is 18.3 Å². The smallest absolute Gasteiger partial charge is 0.352 e. The summed E-state index contributed by atoms with van der Waals surface area (Å²) in [5.41, 5.74) is -1.35. The van der Waals surface area contributed by atoms with Gasteiger partial charge in [-0.15, -0.1) is 12.4 Å². The Hall–Kier alpha value is -1.31. The number of amides is 1. The molecule has 3 unspecified atom stereocenters. The van der Waals surface area contributed by atoms with Gasteiger partial charge in [0.15, 0.2) is 5.41 Å². The Labute approximate surface area is 164 Å². The Balaban J connectivity index is 0.00000261. The molecule has 0 aliphatic carbocycles. The van der Waals surface area contributed by atoms with Gasteiger partial charge in [0, 0.05) is 25.2 Å². The van der Waals surface area contributed by atoms with Crippen LogP contribution in [0.3, 0.4) is 0 Å². The number of piperidine rings is 1. The Kier molecular flexibility index (Phi) is 7.16. The Bertz CT molecular complexity index is 628. The molecule has 1 aromatic rings. The van der Waals surface area contributed by atoms with E-state index in [0.717, 1.165) is 5.56 Å². The average molecular weight is 406 g/mol. The molecule has 2 aliphatic rings. The second-order valence-electron chi connectivity index (χ2n) is 7.58. The minimum atomic E-state index is -4.55. The molecule has 2 N–H and O–H groups in total. The summed E-state index contributed by atoms with van der Waals surface area (Å²) in [6, 6.07) is 9.41. The van der Waals surface area contributed by atoms with E-state index in [2.05, 4.69) is 10.6 Å². The summed E-state index contributed by atoms with van der Waals surface area (Å²) in [5.74, 6) is -0.861. The van der Waals surface area contributed by atoms with Gasteiger partial charge in [-0.25, -0.2) is 0 Å². The van der Waals surface area contributed by atoms with Gasteiger partial charge in [0.05, 0.1) is 0 Å². The zero-order valence-electron chi connectivity index (χ0n) is 15.4. The Morgan fingerprint density at radius 3 is 2.67 bits per heavy atom. The number of carbonyl (C=O) groups is 1. The first-order chi connectivity index (χ1) is 12.3. The van der Waals surface area contributed by atoms with E-state index in [1.165, 1.54) is 0 Å². The van der Waals surface area contributed by atoms with Gasteiger partial charge in [-0.2, -0.15) is 13.2 Å². The average Bonchev–Trinajstić information content (AvgIpc) is 3.01. The highest BCUT2D eigenvalue weighted by molar-refractivity contribution is 5.85. The predicted octanol–water partition coefficient (Wildman–Crippen LogP) is 3.12. The summed E-state index contributed by atoms with van der Waals surface area (Å²) in [7, 11) is 0. The predicted molar refractivity (Wildman–Crippen MR) is 101 cm³/mol. The van der Waals surface area contributed by atoms with Crippen LogP contribution in [0.4, 0.5) is 13.2 Å². The van der Waals surface area contributed by atoms with Crippen LogP contribution < -0.4 is 10.6 Å². The van der Waals surface area contributed by atoms with E-state index in [1.807, 2.05) is 37.3 Å². The molecular weight excluding hydrogens is 379 g/mol. The third kappa shape index (κ3) is 4.95. The van der Waals surface area contributed by atoms with Crippen molar-refractivity contribution in [2.45, 2.75) is 51.0 Å². The lowest BCUT2D eigenvalue weighted by atomic mass is 9.84. The third-order valence-corrected chi connectivity index (χ3v) is 5.53. The van der Waals surface area contributed by atoms with Crippen LogP contribution in [0.25, 0.3) is 0 Å². The zero-order valence-corrected chi connectivity index (χ0v) is 16.2. The Morgan fingerprint density at radius 1 is 1.33 bits per heavy atom. The minimum absolute atomic E-state index is 0. The van der Waals surface area contributed by atoms with E-state index < -0.39 is 17.5 Å². The van der Waals surface area contributed by atoms with E-state index in [9.17, 15) is 18.0 Å². The lowest BCUT2D eigenvalue weighted by Crippen LogP contribution is -2.56. The summed E-state index contributed by atoms with van der Waals surface area (Å²) < 4.78 is 41.7. The van der Waals surface area contributed by atoms with Crippen LogP contribution in [0.5, 0.6) is 0 Å². The monoisotopic (exact) mass is 405 g/mol. The number of nitrogens with zero attached hydrogens (tertiary/aromatic N) is 1. The summed E-state index contributed by atoms with van der Waals surface area (Å²) in [6.07, 6.45) is -3.41. The van der Waals surface area contributed by atoms with Crippen LogP contribution >= 0.6 is 12.4 Å². The van der Waals surface area contributed by atoms with Crippen molar-refractivity contribution in [2.75, 3.05) is 19.6 Å². The summed E-state index contributed by atoms with van der Waals surface area (Å²) in [5, 5.41) is 5.94. The lowest BCUT2D eigenvalue weighted by molar-refractivity contribution is -0.218. The molecule has 3 rings (SSSR count). The van der Waals surface area contributed by atoms with Gasteiger partial charge in [0.25, 0.3) is 0 Å². The summed E-state index contributed by atoms with van der Waals surface area (Å²) in [6.45, 7) is 3.11. The van der Waals surface area contributed by atoms with Gasteiger partial charge >= 0.3 is 6.18 Å². The van der Waals surface area contributed by atoms with Crippen molar-refractivity contribution < 1.29 is 18.0 Å². The van der Waals surface area contributed by atoms with Crippen LogP contribution in [0, 0.1) is 5.41 Å². The number of hydrogen-bond donors (Lipinski definition) is 2. The van der Waals surface area contributed by atoms with Crippen molar-refractivity contribution in [3.8, 4) is 0 Å². The highest BCUT2D eigenvalue weighted by atomic mass is 35.5. The molecule has 1 amide bonds. The molecule has 0 saturated carbocycles. The van der Waals surface area contributed by atoms with Gasteiger partial charge in [0.2, 0.25) is 5.91 Å². The van der Waals surface area contributed by atoms with Crippen molar-refractivity contribution in [3.63, 3.8) is 0 Å². The molecule has 0 bridgehead atoms. The Morgan fingerprint density at radius 2 is 2.04 bits per heavy atom. The summed E-state index contributed by atoms with van der Waals surface area (Å²) >= 11 is 0. The van der Waals surface area contributed by atoms with Crippen LogP contribution in [-0.2, 0) is 11.3 Å². The fraction of sp³-hybridized carbons (Fsp3) is 0.632. The quantitative estimate of drug-likeness (QED) is 0.809. The third-order valence-electron chi connectivity index (χ3n) is 5.53. The standard InChI is InChI=1S/C19H26F3N3O.ClH/c1-14-11-16(7-9-23-14)24-17(26)18(19(20,21)22)8-10-25(13-18)12-15-5-3-2-4-6-15;/h2-6,14,16,23H,7-13H2,1H3,(H,24,26);1H. The van der Waals surface area contributed by atoms with E-state index in [1.54, 1.807) is 4.90 Å². The van der Waals surface area contributed by atoms with Crippen molar-refractivity contribution in [1.29, 1.82) is 0 Å². The zero-order chi connectivity index (χ0) is 18.8. The number of halogens is 4. The van der Waals surface area contributed by atoms with Crippen LogP contribution in [0.1, 0.15) is 31.7 Å². The molecule has 0 spiro atoms. The molecule has 2 saturated heterocycles. The van der Waals surface area contributed by atoms with Crippen molar-refractivity contribution in [2.24, 2.45) is 5.41 Å². The number of hydrogen-bond acceptors (Lipinski definition) is 3. The number of carbonyl (C=O) groups excluding carboxylic acids is 1. The van der Waals surface area contributed by atoms with E-state index >= 15 is 0 Å². The molecule has 0 radical (unpaired) electrons. The largest absolute Gasteiger partial charge is 0.404 e. The lowest BCUT2D eigenvalue weighted by Gasteiger charge is -2.35.